The number of ether oxygens (including phenoxy) is 1. The van der Waals surface area contributed by atoms with Crippen LogP contribution in [0.1, 0.15) is 20.8 Å². The Labute approximate surface area is 97.0 Å². The van der Waals surface area contributed by atoms with Gasteiger partial charge in [0.05, 0.1) is 16.1 Å². The monoisotopic (exact) mass is 276 g/mol. The van der Waals surface area contributed by atoms with Gasteiger partial charge in [0.25, 0.3) is 5.91 Å². The van der Waals surface area contributed by atoms with E-state index in [1.165, 1.54) is 21.1 Å². The standard InChI is InChI=1S/C9H13BrN2O3/c1-9(2,3)15-8(14)11-5-4-7(13)12(10)6-11/h4-5H,6H2,1-3H3. The summed E-state index contributed by atoms with van der Waals surface area (Å²) in [7, 11) is 0. The number of amides is 2. The van der Waals surface area contributed by atoms with E-state index < -0.39 is 11.7 Å². The van der Waals surface area contributed by atoms with Crippen LogP contribution in [0.15, 0.2) is 12.3 Å². The summed E-state index contributed by atoms with van der Waals surface area (Å²) in [5, 5.41) is 0. The molecule has 15 heavy (non-hydrogen) atoms. The van der Waals surface area contributed by atoms with Crippen LogP contribution in [0.3, 0.4) is 0 Å². The fourth-order valence-electron chi connectivity index (χ4n) is 0.924. The molecule has 0 aromatic heterocycles. The number of hydrogen-bond donors (Lipinski definition) is 0. The van der Waals surface area contributed by atoms with Crippen LogP contribution in [0.25, 0.3) is 0 Å². The Morgan fingerprint density at radius 2 is 2.13 bits per heavy atom. The third-order valence-electron chi connectivity index (χ3n) is 1.54. The van der Waals surface area contributed by atoms with Crippen molar-refractivity contribution < 1.29 is 14.3 Å². The molecule has 0 N–H and O–H groups in total. The number of carbonyl (C=O) groups is 2. The van der Waals surface area contributed by atoms with Gasteiger partial charge in [0, 0.05) is 12.3 Å². The largest absolute Gasteiger partial charge is 0.443 e. The highest BCUT2D eigenvalue weighted by Gasteiger charge is 2.25. The summed E-state index contributed by atoms with van der Waals surface area (Å²) in [6.07, 6.45) is 2.23. The van der Waals surface area contributed by atoms with E-state index in [9.17, 15) is 9.59 Å². The van der Waals surface area contributed by atoms with Crippen LogP contribution in [-0.4, -0.2) is 33.1 Å². The zero-order valence-electron chi connectivity index (χ0n) is 8.86. The number of carbonyl (C=O) groups excluding carboxylic acids is 2. The van der Waals surface area contributed by atoms with E-state index in [4.69, 9.17) is 4.74 Å². The average Bonchev–Trinajstić information content (AvgIpc) is 2.06. The fourth-order valence-corrected chi connectivity index (χ4v) is 1.28. The van der Waals surface area contributed by atoms with E-state index in [2.05, 4.69) is 16.1 Å². The highest BCUT2D eigenvalue weighted by Crippen LogP contribution is 2.14. The first kappa shape index (κ1) is 12.0. The lowest BCUT2D eigenvalue weighted by molar-refractivity contribution is -0.122. The summed E-state index contributed by atoms with van der Waals surface area (Å²) in [6, 6.07) is 0. The van der Waals surface area contributed by atoms with Crippen molar-refractivity contribution in [2.45, 2.75) is 26.4 Å². The molecule has 0 fully saturated rings. The summed E-state index contributed by atoms with van der Waals surface area (Å²) in [4.78, 5) is 23.9. The van der Waals surface area contributed by atoms with Gasteiger partial charge in [-0.3, -0.25) is 13.6 Å². The minimum absolute atomic E-state index is 0.143. The maximum atomic E-state index is 11.6. The van der Waals surface area contributed by atoms with Gasteiger partial charge in [0.2, 0.25) is 0 Å². The third kappa shape index (κ3) is 3.54. The first-order valence-electron chi connectivity index (χ1n) is 4.45. The van der Waals surface area contributed by atoms with Gasteiger partial charge in [-0.25, -0.2) is 4.79 Å². The Morgan fingerprint density at radius 1 is 1.53 bits per heavy atom. The van der Waals surface area contributed by atoms with Crippen LogP contribution >= 0.6 is 16.1 Å². The van der Waals surface area contributed by atoms with Gasteiger partial charge in [0.15, 0.2) is 0 Å². The molecule has 0 radical (unpaired) electrons. The minimum Gasteiger partial charge on any atom is -0.443 e. The van der Waals surface area contributed by atoms with E-state index >= 15 is 0 Å². The van der Waals surface area contributed by atoms with Crippen molar-refractivity contribution >= 4 is 28.1 Å². The molecule has 0 aliphatic carbocycles. The molecular weight excluding hydrogens is 264 g/mol. The first-order valence-corrected chi connectivity index (χ1v) is 5.15. The lowest BCUT2D eigenvalue weighted by Crippen LogP contribution is -2.42. The Morgan fingerprint density at radius 3 is 2.60 bits per heavy atom. The van der Waals surface area contributed by atoms with Gasteiger partial charge >= 0.3 is 6.09 Å². The molecule has 0 unspecified atom stereocenters. The summed E-state index contributed by atoms with van der Waals surface area (Å²) in [6.45, 7) is 5.51. The molecule has 84 valence electrons. The van der Waals surface area contributed by atoms with Gasteiger partial charge in [-0.1, -0.05) is 0 Å². The van der Waals surface area contributed by atoms with Crippen molar-refractivity contribution in [1.82, 2.24) is 8.83 Å². The van der Waals surface area contributed by atoms with E-state index in [1.54, 1.807) is 20.8 Å². The molecule has 2 amide bonds. The van der Waals surface area contributed by atoms with E-state index in [1.807, 2.05) is 0 Å². The van der Waals surface area contributed by atoms with Crippen molar-refractivity contribution in [1.29, 1.82) is 0 Å². The van der Waals surface area contributed by atoms with Crippen LogP contribution < -0.4 is 0 Å². The number of nitrogens with zero attached hydrogens (tertiary/aromatic N) is 2. The fraction of sp³-hybridized carbons (Fsp3) is 0.556. The van der Waals surface area contributed by atoms with Gasteiger partial charge in [0.1, 0.15) is 12.3 Å². The molecule has 0 atom stereocenters. The maximum absolute atomic E-state index is 11.6. The smallest absolute Gasteiger partial charge is 0.415 e. The van der Waals surface area contributed by atoms with Crippen molar-refractivity contribution in [3.05, 3.63) is 12.3 Å². The summed E-state index contributed by atoms with van der Waals surface area (Å²) >= 11 is 3.03. The second-order valence-electron chi connectivity index (χ2n) is 4.11. The van der Waals surface area contributed by atoms with Crippen molar-refractivity contribution in [2.75, 3.05) is 6.67 Å². The molecule has 0 saturated carbocycles. The van der Waals surface area contributed by atoms with E-state index in [0.717, 1.165) is 0 Å². The van der Waals surface area contributed by atoms with Crippen LogP contribution in [0.2, 0.25) is 0 Å². The van der Waals surface area contributed by atoms with E-state index in [-0.39, 0.29) is 12.6 Å². The molecule has 0 aromatic rings. The van der Waals surface area contributed by atoms with Crippen LogP contribution in [0, 0.1) is 0 Å². The van der Waals surface area contributed by atoms with Gasteiger partial charge in [-0.2, -0.15) is 0 Å². The van der Waals surface area contributed by atoms with Gasteiger partial charge < -0.3 is 4.74 Å². The second kappa shape index (κ2) is 4.22. The Bertz CT molecular complexity index is 309. The number of rotatable bonds is 0. The maximum Gasteiger partial charge on any atom is 0.415 e. The average molecular weight is 277 g/mol. The van der Waals surface area contributed by atoms with Crippen LogP contribution in [0.5, 0.6) is 0 Å². The molecule has 1 aliphatic rings. The minimum atomic E-state index is -0.538. The van der Waals surface area contributed by atoms with Crippen LogP contribution in [-0.2, 0) is 9.53 Å². The van der Waals surface area contributed by atoms with Crippen molar-refractivity contribution in [3.8, 4) is 0 Å². The highest BCUT2D eigenvalue weighted by atomic mass is 79.9. The Hall–Kier alpha value is -1.04. The molecule has 0 bridgehead atoms. The third-order valence-corrected chi connectivity index (χ3v) is 2.11. The lowest BCUT2D eigenvalue weighted by atomic mass is 10.2. The lowest BCUT2D eigenvalue weighted by Gasteiger charge is -2.29. The summed E-state index contributed by atoms with van der Waals surface area (Å²) in [5.41, 5.74) is -0.538. The molecule has 0 saturated heterocycles. The van der Waals surface area contributed by atoms with Crippen molar-refractivity contribution in [3.63, 3.8) is 0 Å². The van der Waals surface area contributed by atoms with Gasteiger partial charge in [-0.15, -0.1) is 0 Å². The highest BCUT2D eigenvalue weighted by molar-refractivity contribution is 9.07. The Kier molecular flexibility index (Phi) is 3.38. The second-order valence-corrected chi connectivity index (χ2v) is 4.96. The van der Waals surface area contributed by atoms with E-state index in [0.29, 0.717) is 0 Å². The predicted molar refractivity (Wildman–Crippen MR) is 57.9 cm³/mol. The molecule has 0 aromatic carbocycles. The molecular formula is C9H13BrN2O3. The first-order chi connectivity index (χ1) is 6.79. The van der Waals surface area contributed by atoms with Gasteiger partial charge in [-0.05, 0) is 20.8 Å². The summed E-state index contributed by atoms with van der Waals surface area (Å²) < 4.78 is 6.38. The molecule has 6 heteroatoms. The number of hydrogen-bond acceptors (Lipinski definition) is 3. The van der Waals surface area contributed by atoms with Crippen molar-refractivity contribution in [2.24, 2.45) is 0 Å². The zero-order chi connectivity index (χ0) is 11.6. The number of halogens is 1. The Balaban J connectivity index is 2.63. The molecule has 0 spiro atoms. The normalized spacial score (nSPS) is 16.9. The molecule has 1 heterocycles. The molecule has 1 aliphatic heterocycles. The quantitative estimate of drug-likeness (QED) is 0.635. The summed E-state index contributed by atoms with van der Waals surface area (Å²) in [5.74, 6) is -0.199. The molecule has 5 nitrogen and oxygen atoms in total. The topological polar surface area (TPSA) is 49.9 Å². The SMILES string of the molecule is CC(C)(C)OC(=O)N1C=CC(=O)N(Br)C1. The zero-order valence-corrected chi connectivity index (χ0v) is 10.4. The van der Waals surface area contributed by atoms with Crippen LogP contribution in [0.4, 0.5) is 4.79 Å². The predicted octanol–water partition coefficient (Wildman–Crippen LogP) is 1.85. The molecule has 1 rings (SSSR count).